The minimum absolute atomic E-state index is 0.175. The summed E-state index contributed by atoms with van der Waals surface area (Å²) in [6, 6.07) is 0.830. The molecule has 0 aromatic carbocycles. The molecule has 5 heteroatoms. The number of carbonyl (C=O) groups is 1. The highest BCUT2D eigenvalue weighted by atomic mass is 16.6. The molecule has 0 spiro atoms. The molecule has 0 radical (unpaired) electrons. The molecule has 0 aromatic rings. The van der Waals surface area contributed by atoms with E-state index >= 15 is 0 Å². The Labute approximate surface area is 122 Å². The lowest BCUT2D eigenvalue weighted by Crippen LogP contribution is -2.41. The van der Waals surface area contributed by atoms with Crippen LogP contribution in [-0.2, 0) is 4.74 Å². The van der Waals surface area contributed by atoms with Gasteiger partial charge in [0.1, 0.15) is 5.60 Å². The van der Waals surface area contributed by atoms with Crippen LogP contribution >= 0.6 is 0 Å². The van der Waals surface area contributed by atoms with Crippen LogP contribution in [0.1, 0.15) is 46.5 Å². The summed E-state index contributed by atoms with van der Waals surface area (Å²) in [5.74, 6) is 0. The van der Waals surface area contributed by atoms with Crippen LogP contribution in [0.15, 0.2) is 0 Å². The molecular weight excluding hydrogens is 254 g/mol. The van der Waals surface area contributed by atoms with Gasteiger partial charge >= 0.3 is 6.09 Å². The fourth-order valence-electron chi connectivity index (χ4n) is 3.04. The van der Waals surface area contributed by atoms with Crippen molar-refractivity contribution in [3.8, 4) is 0 Å². The molecule has 2 fully saturated rings. The number of hydrogen-bond acceptors (Lipinski definition) is 4. The topological polar surface area (TPSA) is 58.8 Å². The third-order valence-corrected chi connectivity index (χ3v) is 4.14. The number of nitrogens with zero attached hydrogens (tertiary/aromatic N) is 2. The summed E-state index contributed by atoms with van der Waals surface area (Å²) in [4.78, 5) is 16.4. The zero-order valence-corrected chi connectivity index (χ0v) is 13.1. The Morgan fingerprint density at radius 3 is 2.60 bits per heavy atom. The molecule has 2 N–H and O–H groups in total. The summed E-state index contributed by atoms with van der Waals surface area (Å²) >= 11 is 0. The highest BCUT2D eigenvalue weighted by molar-refractivity contribution is 5.68. The zero-order chi connectivity index (χ0) is 14.8. The Morgan fingerprint density at radius 1 is 1.15 bits per heavy atom. The van der Waals surface area contributed by atoms with Crippen LogP contribution in [0, 0.1) is 0 Å². The fourth-order valence-corrected chi connectivity index (χ4v) is 3.04. The maximum Gasteiger partial charge on any atom is 0.410 e. The molecule has 20 heavy (non-hydrogen) atoms. The molecule has 0 aromatic heterocycles. The van der Waals surface area contributed by atoms with E-state index in [0.29, 0.717) is 12.1 Å². The monoisotopic (exact) mass is 283 g/mol. The SMILES string of the molecule is CC(C)(C)OC(=O)N1CCC(N2CCCC(N)CC2)C1. The predicted molar refractivity (Wildman–Crippen MR) is 79.6 cm³/mol. The Morgan fingerprint density at radius 2 is 1.90 bits per heavy atom. The summed E-state index contributed by atoms with van der Waals surface area (Å²) < 4.78 is 5.45. The molecule has 1 amide bonds. The normalized spacial score (nSPS) is 29.3. The number of nitrogens with two attached hydrogens (primary N) is 1. The lowest BCUT2D eigenvalue weighted by atomic mass is 10.1. The van der Waals surface area contributed by atoms with Gasteiger partial charge in [0.25, 0.3) is 0 Å². The largest absolute Gasteiger partial charge is 0.444 e. The molecule has 2 heterocycles. The summed E-state index contributed by atoms with van der Waals surface area (Å²) in [5, 5.41) is 0. The van der Waals surface area contributed by atoms with Crippen LogP contribution in [0.4, 0.5) is 4.79 Å². The van der Waals surface area contributed by atoms with Gasteiger partial charge in [-0.15, -0.1) is 0 Å². The van der Waals surface area contributed by atoms with E-state index in [4.69, 9.17) is 10.5 Å². The van der Waals surface area contributed by atoms with Crippen LogP contribution in [0.2, 0.25) is 0 Å². The summed E-state index contributed by atoms with van der Waals surface area (Å²) in [5.41, 5.74) is 5.62. The maximum atomic E-state index is 12.1. The first-order valence-electron chi connectivity index (χ1n) is 7.83. The van der Waals surface area contributed by atoms with Crippen molar-refractivity contribution < 1.29 is 9.53 Å². The van der Waals surface area contributed by atoms with Gasteiger partial charge in [0.15, 0.2) is 0 Å². The summed E-state index contributed by atoms with van der Waals surface area (Å²) in [6.07, 6.45) is 4.24. The lowest BCUT2D eigenvalue weighted by Gasteiger charge is -2.28. The van der Waals surface area contributed by atoms with E-state index in [2.05, 4.69) is 4.90 Å². The summed E-state index contributed by atoms with van der Waals surface area (Å²) in [7, 11) is 0. The van der Waals surface area contributed by atoms with Crippen LogP contribution in [0.5, 0.6) is 0 Å². The van der Waals surface area contributed by atoms with Crippen LogP contribution < -0.4 is 5.73 Å². The van der Waals surface area contributed by atoms with E-state index in [-0.39, 0.29) is 6.09 Å². The van der Waals surface area contributed by atoms with Crippen LogP contribution in [0.25, 0.3) is 0 Å². The smallest absolute Gasteiger partial charge is 0.410 e. The maximum absolute atomic E-state index is 12.1. The fraction of sp³-hybridized carbons (Fsp3) is 0.933. The van der Waals surface area contributed by atoms with Crippen molar-refractivity contribution >= 4 is 6.09 Å². The van der Waals surface area contributed by atoms with Gasteiger partial charge in [-0.2, -0.15) is 0 Å². The molecule has 2 aliphatic heterocycles. The Bertz CT molecular complexity index is 341. The third-order valence-electron chi connectivity index (χ3n) is 4.14. The minimum atomic E-state index is -0.412. The first-order chi connectivity index (χ1) is 9.35. The highest BCUT2D eigenvalue weighted by Crippen LogP contribution is 2.21. The van der Waals surface area contributed by atoms with E-state index in [9.17, 15) is 4.79 Å². The van der Waals surface area contributed by atoms with Crippen molar-refractivity contribution in [3.05, 3.63) is 0 Å². The standard InChI is InChI=1S/C15H29N3O2/c1-15(2,3)20-14(19)18-10-7-13(11-18)17-8-4-5-12(16)6-9-17/h12-13H,4-11,16H2,1-3H3. The number of amides is 1. The molecule has 5 nitrogen and oxygen atoms in total. The first kappa shape index (κ1) is 15.6. The second-order valence-corrected chi connectivity index (χ2v) is 7.10. The lowest BCUT2D eigenvalue weighted by molar-refractivity contribution is 0.0280. The first-order valence-corrected chi connectivity index (χ1v) is 7.83. The number of hydrogen-bond donors (Lipinski definition) is 1. The Kier molecular flexibility index (Phi) is 4.91. The van der Waals surface area contributed by atoms with Crippen molar-refractivity contribution in [2.24, 2.45) is 5.73 Å². The minimum Gasteiger partial charge on any atom is -0.444 e. The van der Waals surface area contributed by atoms with Gasteiger partial charge in [0.2, 0.25) is 0 Å². The van der Waals surface area contributed by atoms with Crippen LogP contribution in [0.3, 0.4) is 0 Å². The molecule has 116 valence electrons. The number of rotatable bonds is 1. The quantitative estimate of drug-likeness (QED) is 0.797. The Balaban J connectivity index is 1.84. The summed E-state index contributed by atoms with van der Waals surface area (Å²) in [6.45, 7) is 9.51. The van der Waals surface area contributed by atoms with Crippen molar-refractivity contribution in [3.63, 3.8) is 0 Å². The van der Waals surface area contributed by atoms with Crippen molar-refractivity contribution in [1.29, 1.82) is 0 Å². The van der Waals surface area contributed by atoms with Gasteiger partial charge < -0.3 is 15.4 Å². The number of ether oxygens (including phenoxy) is 1. The second-order valence-electron chi connectivity index (χ2n) is 7.10. The molecule has 2 atom stereocenters. The average molecular weight is 283 g/mol. The van der Waals surface area contributed by atoms with Gasteiger partial charge in [-0.3, -0.25) is 4.90 Å². The van der Waals surface area contributed by atoms with E-state index in [1.807, 2.05) is 25.7 Å². The second kappa shape index (κ2) is 6.31. The van der Waals surface area contributed by atoms with Crippen LogP contribution in [-0.4, -0.2) is 59.8 Å². The number of carbonyl (C=O) groups excluding carboxylic acids is 1. The third kappa shape index (κ3) is 4.35. The molecule has 2 aliphatic rings. The van der Waals surface area contributed by atoms with E-state index in [0.717, 1.165) is 45.4 Å². The van der Waals surface area contributed by atoms with E-state index < -0.39 is 5.60 Å². The molecule has 2 saturated heterocycles. The van der Waals surface area contributed by atoms with Gasteiger partial charge in [-0.25, -0.2) is 4.79 Å². The molecule has 0 aliphatic carbocycles. The zero-order valence-electron chi connectivity index (χ0n) is 13.1. The molecular formula is C15H29N3O2. The van der Waals surface area contributed by atoms with Gasteiger partial charge in [-0.1, -0.05) is 0 Å². The molecule has 0 bridgehead atoms. The van der Waals surface area contributed by atoms with Crippen molar-refractivity contribution in [2.75, 3.05) is 26.2 Å². The van der Waals surface area contributed by atoms with Gasteiger partial charge in [0, 0.05) is 25.2 Å². The highest BCUT2D eigenvalue weighted by Gasteiger charge is 2.33. The molecule has 0 saturated carbocycles. The van der Waals surface area contributed by atoms with Gasteiger partial charge in [0.05, 0.1) is 0 Å². The van der Waals surface area contributed by atoms with Crippen molar-refractivity contribution in [1.82, 2.24) is 9.80 Å². The molecule has 2 unspecified atom stereocenters. The van der Waals surface area contributed by atoms with E-state index in [1.54, 1.807) is 0 Å². The van der Waals surface area contributed by atoms with E-state index in [1.165, 1.54) is 6.42 Å². The Hall–Kier alpha value is -0.810. The number of likely N-dealkylation sites (tertiary alicyclic amines) is 2. The van der Waals surface area contributed by atoms with Gasteiger partial charge in [-0.05, 0) is 59.5 Å². The predicted octanol–water partition coefficient (Wildman–Crippen LogP) is 1.81. The average Bonchev–Trinajstić information content (AvgIpc) is 2.72. The molecule has 2 rings (SSSR count). The van der Waals surface area contributed by atoms with Crippen molar-refractivity contribution in [2.45, 2.75) is 64.1 Å².